The summed E-state index contributed by atoms with van der Waals surface area (Å²) in [4.78, 5) is 18.3. The smallest absolute Gasteiger partial charge is 0.378 e. The van der Waals surface area contributed by atoms with Gasteiger partial charge in [-0.25, -0.2) is 4.79 Å². The maximum absolute atomic E-state index is 13.0. The molecule has 4 rings (SSSR count). The van der Waals surface area contributed by atoms with Crippen molar-refractivity contribution in [2.75, 3.05) is 67.6 Å². The van der Waals surface area contributed by atoms with Gasteiger partial charge in [0.2, 0.25) is 0 Å². The summed E-state index contributed by atoms with van der Waals surface area (Å²) in [6.07, 6.45) is -2.91. The summed E-state index contributed by atoms with van der Waals surface area (Å²) >= 11 is 5.63. The number of carbonyl (C=O) groups excluding carboxylic acids is 1. The van der Waals surface area contributed by atoms with Gasteiger partial charge in [-0.05, 0) is 18.2 Å². The van der Waals surface area contributed by atoms with Crippen molar-refractivity contribution in [2.24, 2.45) is 0 Å². The van der Waals surface area contributed by atoms with Crippen molar-refractivity contribution < 1.29 is 22.7 Å². The maximum atomic E-state index is 13.0. The molecule has 0 unspecified atom stereocenters. The molecule has 2 aromatic rings. The zero-order valence-electron chi connectivity index (χ0n) is 17.1. The number of urea groups is 1. The minimum Gasteiger partial charge on any atom is -0.378 e. The van der Waals surface area contributed by atoms with Crippen molar-refractivity contribution in [3.8, 4) is 0 Å². The first-order valence-electron chi connectivity index (χ1n) is 10.1. The van der Waals surface area contributed by atoms with Crippen LogP contribution in [0.1, 0.15) is 5.56 Å². The van der Waals surface area contributed by atoms with Gasteiger partial charge in [0.05, 0.1) is 35.7 Å². The summed E-state index contributed by atoms with van der Waals surface area (Å²) < 4.78 is 44.5. The lowest BCUT2D eigenvalue weighted by Gasteiger charge is -2.36. The Labute approximate surface area is 187 Å². The highest BCUT2D eigenvalue weighted by Crippen LogP contribution is 2.36. The van der Waals surface area contributed by atoms with Crippen molar-refractivity contribution in [1.29, 1.82) is 0 Å². The number of rotatable bonds is 3. The Bertz CT molecular complexity index is 963. The highest BCUT2D eigenvalue weighted by Gasteiger charge is 2.33. The van der Waals surface area contributed by atoms with Gasteiger partial charge in [-0.3, -0.25) is 0 Å². The first-order valence-corrected chi connectivity index (χ1v) is 10.5. The summed E-state index contributed by atoms with van der Waals surface area (Å²) in [5.74, 6) is 0.786. The van der Waals surface area contributed by atoms with E-state index in [9.17, 15) is 18.0 Å². The molecule has 0 bridgehead atoms. The van der Waals surface area contributed by atoms with E-state index >= 15 is 0 Å². The number of nitrogens with zero attached hydrogens (tertiary/aromatic N) is 5. The Hall–Kier alpha value is -2.79. The number of halogens is 4. The molecule has 172 valence electrons. The van der Waals surface area contributed by atoms with E-state index in [0.717, 1.165) is 36.7 Å². The molecule has 0 aliphatic carbocycles. The van der Waals surface area contributed by atoms with Crippen LogP contribution in [0.3, 0.4) is 0 Å². The van der Waals surface area contributed by atoms with Crippen LogP contribution in [0.4, 0.5) is 35.2 Å². The molecule has 32 heavy (non-hydrogen) atoms. The number of morpholine rings is 1. The van der Waals surface area contributed by atoms with E-state index < -0.39 is 22.8 Å². The van der Waals surface area contributed by atoms with Crippen molar-refractivity contribution >= 4 is 34.8 Å². The number of piperazine rings is 1. The molecule has 1 aromatic heterocycles. The fraction of sp³-hybridized carbons (Fsp3) is 0.450. The van der Waals surface area contributed by atoms with Gasteiger partial charge in [0, 0.05) is 51.0 Å². The summed E-state index contributed by atoms with van der Waals surface area (Å²) in [7, 11) is 0. The fourth-order valence-electron chi connectivity index (χ4n) is 3.66. The lowest BCUT2D eigenvalue weighted by molar-refractivity contribution is -0.137. The van der Waals surface area contributed by atoms with Crippen LogP contribution < -0.4 is 15.1 Å². The van der Waals surface area contributed by atoms with Crippen LogP contribution in [-0.2, 0) is 10.9 Å². The SMILES string of the molecule is O=C(Nc1ccc(Cl)c(C(F)(F)F)c1)N1CCN(c2cnnc(N3CCOCC3)c2)CC1. The van der Waals surface area contributed by atoms with E-state index in [4.69, 9.17) is 16.3 Å². The Morgan fingerprint density at radius 3 is 2.44 bits per heavy atom. The molecule has 2 fully saturated rings. The van der Waals surface area contributed by atoms with E-state index in [1.807, 2.05) is 6.07 Å². The second-order valence-corrected chi connectivity index (χ2v) is 7.88. The number of amides is 2. The molecular formula is C20H22ClF3N6O2. The van der Waals surface area contributed by atoms with Crippen LogP contribution in [0.25, 0.3) is 0 Å². The average Bonchev–Trinajstić information content (AvgIpc) is 2.80. The summed E-state index contributed by atoms with van der Waals surface area (Å²) in [6.45, 7) is 4.78. The first kappa shape index (κ1) is 22.4. The third-order valence-corrected chi connectivity index (χ3v) is 5.75. The van der Waals surface area contributed by atoms with Gasteiger partial charge in [-0.1, -0.05) is 11.6 Å². The number of carbonyl (C=O) groups is 1. The minimum absolute atomic E-state index is 0.0441. The molecule has 0 radical (unpaired) electrons. The minimum atomic E-state index is -4.60. The predicted octanol–water partition coefficient (Wildman–Crippen LogP) is 3.34. The highest BCUT2D eigenvalue weighted by atomic mass is 35.5. The zero-order valence-corrected chi connectivity index (χ0v) is 17.9. The summed E-state index contributed by atoms with van der Waals surface area (Å²) in [5.41, 5.74) is -0.0280. The number of ether oxygens (including phenoxy) is 1. The van der Waals surface area contributed by atoms with E-state index in [0.29, 0.717) is 39.4 Å². The molecule has 8 nitrogen and oxygen atoms in total. The van der Waals surface area contributed by atoms with Gasteiger partial charge in [-0.2, -0.15) is 18.3 Å². The Balaban J connectivity index is 1.35. The zero-order chi connectivity index (χ0) is 22.7. The number of anilines is 3. The van der Waals surface area contributed by atoms with Crippen molar-refractivity contribution in [3.63, 3.8) is 0 Å². The molecule has 2 amide bonds. The maximum Gasteiger partial charge on any atom is 0.417 e. The van der Waals surface area contributed by atoms with E-state index in [2.05, 4.69) is 25.3 Å². The van der Waals surface area contributed by atoms with E-state index in [1.165, 1.54) is 6.07 Å². The number of benzene rings is 1. The van der Waals surface area contributed by atoms with Crippen LogP contribution >= 0.6 is 11.6 Å². The molecule has 2 aliphatic rings. The molecule has 0 atom stereocenters. The van der Waals surface area contributed by atoms with Crippen LogP contribution in [0, 0.1) is 0 Å². The lowest BCUT2D eigenvalue weighted by atomic mass is 10.2. The molecule has 3 heterocycles. The van der Waals surface area contributed by atoms with E-state index in [1.54, 1.807) is 11.1 Å². The Morgan fingerprint density at radius 1 is 1.03 bits per heavy atom. The Morgan fingerprint density at radius 2 is 1.75 bits per heavy atom. The number of hydrogen-bond acceptors (Lipinski definition) is 6. The molecule has 1 N–H and O–H groups in total. The number of aromatic nitrogens is 2. The number of nitrogens with one attached hydrogen (secondary N) is 1. The third kappa shape index (κ3) is 5.16. The van der Waals surface area contributed by atoms with Gasteiger partial charge in [0.25, 0.3) is 0 Å². The molecule has 2 aliphatic heterocycles. The topological polar surface area (TPSA) is 73.8 Å². The average molecular weight is 471 g/mol. The molecule has 0 spiro atoms. The van der Waals surface area contributed by atoms with Gasteiger partial charge < -0.3 is 24.8 Å². The van der Waals surface area contributed by atoms with Crippen molar-refractivity contribution in [2.45, 2.75) is 6.18 Å². The standard InChI is InChI=1S/C20H22ClF3N6O2/c21-17-2-1-14(11-16(17)20(22,23)24)26-19(31)30-5-3-28(4-6-30)15-12-18(27-25-13-15)29-7-9-32-10-8-29/h1-2,11-13H,3-10H2,(H,26,31). The largest absolute Gasteiger partial charge is 0.417 e. The first-order chi connectivity index (χ1) is 15.3. The number of alkyl halides is 3. The lowest BCUT2D eigenvalue weighted by Crippen LogP contribution is -2.50. The van der Waals surface area contributed by atoms with Gasteiger partial charge in [-0.15, -0.1) is 5.10 Å². The van der Waals surface area contributed by atoms with Gasteiger partial charge >= 0.3 is 12.2 Å². The molecule has 12 heteroatoms. The van der Waals surface area contributed by atoms with Gasteiger partial charge in [0.15, 0.2) is 5.82 Å². The molecular weight excluding hydrogens is 449 g/mol. The second-order valence-electron chi connectivity index (χ2n) is 7.47. The predicted molar refractivity (Wildman–Crippen MR) is 114 cm³/mol. The highest BCUT2D eigenvalue weighted by molar-refractivity contribution is 6.31. The number of hydrogen-bond donors (Lipinski definition) is 1. The van der Waals surface area contributed by atoms with Crippen LogP contribution in [0.2, 0.25) is 5.02 Å². The summed E-state index contributed by atoms with van der Waals surface area (Å²) in [6, 6.07) is 4.83. The normalized spacial score (nSPS) is 17.4. The summed E-state index contributed by atoms with van der Waals surface area (Å²) in [5, 5.41) is 10.4. The third-order valence-electron chi connectivity index (χ3n) is 5.42. The van der Waals surface area contributed by atoms with Crippen molar-refractivity contribution in [1.82, 2.24) is 15.1 Å². The van der Waals surface area contributed by atoms with Crippen molar-refractivity contribution in [3.05, 3.63) is 41.0 Å². The monoisotopic (exact) mass is 470 g/mol. The van der Waals surface area contributed by atoms with E-state index in [-0.39, 0.29) is 5.69 Å². The van der Waals surface area contributed by atoms with Crippen LogP contribution in [0.5, 0.6) is 0 Å². The molecule has 2 saturated heterocycles. The Kier molecular flexibility index (Phi) is 6.56. The molecule has 1 aromatic carbocycles. The van der Waals surface area contributed by atoms with Crippen LogP contribution in [0.15, 0.2) is 30.5 Å². The van der Waals surface area contributed by atoms with Crippen LogP contribution in [-0.4, -0.2) is 73.6 Å². The second kappa shape index (κ2) is 9.37. The van der Waals surface area contributed by atoms with Gasteiger partial charge in [0.1, 0.15) is 0 Å². The molecule has 0 saturated carbocycles. The quantitative estimate of drug-likeness (QED) is 0.741. The fourth-order valence-corrected chi connectivity index (χ4v) is 3.88.